The van der Waals surface area contributed by atoms with E-state index in [1.807, 2.05) is 45.0 Å². The SMILES string of the molecule is COc1cccc(OC)c1-n1c(COC(C)(C)C)nc(=O)c(C(=O)N2CCC(c3ccccc3Cl)C2)c1O. The van der Waals surface area contributed by atoms with E-state index in [1.165, 1.54) is 18.8 Å². The number of amides is 1. The highest BCUT2D eigenvalue weighted by Gasteiger charge is 2.34. The zero-order chi connectivity index (χ0) is 27.6. The van der Waals surface area contributed by atoms with Crippen LogP contribution in [0.2, 0.25) is 5.02 Å². The van der Waals surface area contributed by atoms with Gasteiger partial charge in [0.25, 0.3) is 11.5 Å². The first-order chi connectivity index (χ1) is 18.1. The summed E-state index contributed by atoms with van der Waals surface area (Å²) in [4.78, 5) is 32.6. The smallest absolute Gasteiger partial charge is 0.289 e. The Morgan fingerprint density at radius 3 is 2.37 bits per heavy atom. The van der Waals surface area contributed by atoms with Crippen LogP contribution >= 0.6 is 11.6 Å². The molecule has 1 aliphatic rings. The molecule has 1 aromatic heterocycles. The summed E-state index contributed by atoms with van der Waals surface area (Å²) in [5.41, 5.74) is -0.596. The van der Waals surface area contributed by atoms with Crippen LogP contribution in [0.1, 0.15) is 54.9 Å². The minimum absolute atomic E-state index is 0.0127. The summed E-state index contributed by atoms with van der Waals surface area (Å²) in [5.74, 6) is -0.372. The Kier molecular flexibility index (Phi) is 7.99. The van der Waals surface area contributed by atoms with E-state index in [1.54, 1.807) is 23.1 Å². The van der Waals surface area contributed by atoms with Crippen molar-refractivity contribution in [1.82, 2.24) is 14.5 Å². The molecule has 10 heteroatoms. The van der Waals surface area contributed by atoms with Gasteiger partial charge in [-0.25, -0.2) is 0 Å². The van der Waals surface area contributed by atoms with Crippen molar-refractivity contribution in [1.29, 1.82) is 0 Å². The van der Waals surface area contributed by atoms with Crippen LogP contribution < -0.4 is 15.0 Å². The molecule has 1 atom stereocenters. The molecule has 1 aliphatic heterocycles. The van der Waals surface area contributed by atoms with Gasteiger partial charge in [0.05, 0.1) is 19.8 Å². The molecular formula is C28H32ClN3O6. The van der Waals surface area contributed by atoms with Crippen molar-refractivity contribution in [3.63, 3.8) is 0 Å². The average molecular weight is 542 g/mol. The molecule has 4 rings (SSSR count). The quantitative estimate of drug-likeness (QED) is 0.468. The topological polar surface area (TPSA) is 103 Å². The summed E-state index contributed by atoms with van der Waals surface area (Å²) in [6.45, 7) is 6.23. The van der Waals surface area contributed by atoms with Gasteiger partial charge in [0.15, 0.2) is 5.56 Å². The maximum atomic E-state index is 13.7. The minimum Gasteiger partial charge on any atom is -0.494 e. The Hall–Kier alpha value is -3.56. The van der Waals surface area contributed by atoms with Crippen LogP contribution in [0, 0.1) is 0 Å². The van der Waals surface area contributed by atoms with Crippen LogP contribution in [0.15, 0.2) is 47.3 Å². The fraction of sp³-hybridized carbons (Fsp3) is 0.393. The fourth-order valence-electron chi connectivity index (χ4n) is 4.57. The van der Waals surface area contributed by atoms with Crippen molar-refractivity contribution in [3.05, 3.63) is 74.8 Å². The Bertz CT molecular complexity index is 1380. The van der Waals surface area contributed by atoms with E-state index in [-0.39, 0.29) is 18.3 Å². The Labute approximate surface area is 226 Å². The summed E-state index contributed by atoms with van der Waals surface area (Å²) in [5, 5.41) is 12.1. The number of carbonyl (C=O) groups is 1. The van der Waals surface area contributed by atoms with Crippen LogP contribution in [0.3, 0.4) is 0 Å². The lowest BCUT2D eigenvalue weighted by Crippen LogP contribution is -2.35. The summed E-state index contributed by atoms with van der Waals surface area (Å²) in [6.07, 6.45) is 0.676. The van der Waals surface area contributed by atoms with Gasteiger partial charge in [-0.05, 0) is 51.0 Å². The fourth-order valence-corrected chi connectivity index (χ4v) is 4.86. The standard InChI is InChI=1S/C28H32ClN3O6/c1-28(2,3)38-16-22-30-25(33)23(27(35)32(22)24-20(36-4)11-8-12-21(24)37-5)26(34)31-14-13-17(15-31)18-9-6-7-10-19(18)29/h6-12,17,35H,13-16H2,1-5H3. The molecule has 1 amide bonds. The number of hydrogen-bond donors (Lipinski definition) is 1. The van der Waals surface area contributed by atoms with Crippen molar-refractivity contribution in [2.24, 2.45) is 0 Å². The maximum absolute atomic E-state index is 13.7. The highest BCUT2D eigenvalue weighted by molar-refractivity contribution is 6.31. The number of ether oxygens (including phenoxy) is 3. The van der Waals surface area contributed by atoms with E-state index in [4.69, 9.17) is 25.8 Å². The number of para-hydroxylation sites is 1. The first kappa shape index (κ1) is 27.5. The van der Waals surface area contributed by atoms with Gasteiger partial charge in [-0.3, -0.25) is 14.2 Å². The predicted molar refractivity (Wildman–Crippen MR) is 144 cm³/mol. The Morgan fingerprint density at radius 1 is 1.11 bits per heavy atom. The second-order valence-electron chi connectivity index (χ2n) is 10.0. The molecule has 0 bridgehead atoms. The molecule has 0 spiro atoms. The third kappa shape index (κ3) is 5.49. The van der Waals surface area contributed by atoms with Gasteiger partial charge in [-0.1, -0.05) is 35.9 Å². The molecule has 202 valence electrons. The number of carbonyl (C=O) groups excluding carboxylic acids is 1. The van der Waals surface area contributed by atoms with E-state index in [2.05, 4.69) is 4.98 Å². The number of hydrogen-bond acceptors (Lipinski definition) is 7. The minimum atomic E-state index is -0.841. The van der Waals surface area contributed by atoms with E-state index >= 15 is 0 Å². The van der Waals surface area contributed by atoms with Crippen LogP contribution in [0.4, 0.5) is 0 Å². The summed E-state index contributed by atoms with van der Waals surface area (Å²) >= 11 is 6.38. The van der Waals surface area contributed by atoms with Gasteiger partial charge in [-0.15, -0.1) is 0 Å². The molecule has 0 saturated carbocycles. The molecule has 0 radical (unpaired) electrons. The van der Waals surface area contributed by atoms with E-state index < -0.39 is 28.5 Å². The molecule has 1 N–H and O–H groups in total. The van der Waals surface area contributed by atoms with E-state index in [0.717, 1.165) is 5.56 Å². The van der Waals surface area contributed by atoms with E-state index in [9.17, 15) is 14.7 Å². The third-order valence-corrected chi connectivity index (χ3v) is 6.78. The van der Waals surface area contributed by atoms with Crippen molar-refractivity contribution >= 4 is 17.5 Å². The molecular weight excluding hydrogens is 510 g/mol. The number of likely N-dealkylation sites (tertiary alicyclic amines) is 1. The molecule has 1 fully saturated rings. The normalized spacial score (nSPS) is 15.5. The summed E-state index contributed by atoms with van der Waals surface area (Å²) < 4.78 is 18.2. The second-order valence-corrected chi connectivity index (χ2v) is 10.4. The molecule has 0 aliphatic carbocycles. The predicted octanol–water partition coefficient (Wildman–Crippen LogP) is 4.55. The lowest BCUT2D eigenvalue weighted by atomic mass is 9.98. The summed E-state index contributed by atoms with van der Waals surface area (Å²) in [7, 11) is 2.95. The van der Waals surface area contributed by atoms with Gasteiger partial charge >= 0.3 is 0 Å². The number of halogens is 1. The Balaban J connectivity index is 1.81. The van der Waals surface area contributed by atoms with Crippen molar-refractivity contribution in [3.8, 4) is 23.1 Å². The Morgan fingerprint density at radius 2 is 1.76 bits per heavy atom. The number of benzene rings is 2. The molecule has 9 nitrogen and oxygen atoms in total. The molecule has 2 aromatic carbocycles. The van der Waals surface area contributed by atoms with Crippen molar-refractivity contribution < 1.29 is 24.1 Å². The average Bonchev–Trinajstić information content (AvgIpc) is 3.37. The maximum Gasteiger partial charge on any atom is 0.289 e. The molecule has 38 heavy (non-hydrogen) atoms. The van der Waals surface area contributed by atoms with Crippen LogP contribution in [0.5, 0.6) is 17.4 Å². The molecule has 1 saturated heterocycles. The highest BCUT2D eigenvalue weighted by Crippen LogP contribution is 2.38. The van der Waals surface area contributed by atoms with Gasteiger partial charge < -0.3 is 24.2 Å². The van der Waals surface area contributed by atoms with Gasteiger partial charge in [-0.2, -0.15) is 4.98 Å². The molecule has 2 heterocycles. The number of aromatic hydroxyl groups is 1. The summed E-state index contributed by atoms with van der Waals surface area (Å²) in [6, 6.07) is 12.6. The third-order valence-electron chi connectivity index (χ3n) is 6.43. The van der Waals surface area contributed by atoms with E-state index in [0.29, 0.717) is 41.7 Å². The van der Waals surface area contributed by atoms with Gasteiger partial charge in [0.1, 0.15) is 29.6 Å². The lowest BCUT2D eigenvalue weighted by Gasteiger charge is -2.24. The van der Waals surface area contributed by atoms with Crippen LogP contribution in [-0.2, 0) is 11.3 Å². The number of aromatic nitrogens is 2. The lowest BCUT2D eigenvalue weighted by molar-refractivity contribution is -0.0193. The van der Waals surface area contributed by atoms with Gasteiger partial charge in [0.2, 0.25) is 5.88 Å². The van der Waals surface area contributed by atoms with Crippen molar-refractivity contribution in [2.45, 2.75) is 45.3 Å². The largest absolute Gasteiger partial charge is 0.494 e. The monoisotopic (exact) mass is 541 g/mol. The van der Waals surface area contributed by atoms with Gasteiger partial charge in [0, 0.05) is 24.0 Å². The zero-order valence-corrected chi connectivity index (χ0v) is 22.9. The zero-order valence-electron chi connectivity index (χ0n) is 22.2. The number of methoxy groups -OCH3 is 2. The molecule has 1 unspecified atom stereocenters. The first-order valence-corrected chi connectivity index (χ1v) is 12.7. The number of rotatable bonds is 7. The van der Waals surface area contributed by atoms with Crippen LogP contribution in [0.25, 0.3) is 5.69 Å². The van der Waals surface area contributed by atoms with Crippen LogP contribution in [-0.4, -0.2) is 58.4 Å². The highest BCUT2D eigenvalue weighted by atomic mass is 35.5. The molecule has 3 aromatic rings. The first-order valence-electron chi connectivity index (χ1n) is 12.3. The second kappa shape index (κ2) is 11.0. The van der Waals surface area contributed by atoms with Crippen molar-refractivity contribution in [2.75, 3.05) is 27.3 Å². The number of nitrogens with zero attached hydrogens (tertiary/aromatic N) is 3.